The molecule has 0 spiro atoms. The van der Waals surface area contributed by atoms with Gasteiger partial charge < -0.3 is 10.2 Å². The molecule has 0 saturated carbocycles. The van der Waals surface area contributed by atoms with Crippen molar-refractivity contribution in [3.05, 3.63) is 33.6 Å². The maximum atomic E-state index is 10.5. The molecule has 1 rings (SSSR count). The molecule has 5 nitrogen and oxygen atoms in total. The Balaban J connectivity index is 3.02. The van der Waals surface area contributed by atoms with Gasteiger partial charge in [-0.15, -0.1) is 0 Å². The van der Waals surface area contributed by atoms with Crippen LogP contribution in [-0.2, 0) is 0 Å². The lowest BCUT2D eigenvalue weighted by atomic mass is 9.94. The zero-order chi connectivity index (χ0) is 10.0. The van der Waals surface area contributed by atoms with Gasteiger partial charge in [0.05, 0.1) is 11.7 Å². The summed E-state index contributed by atoms with van der Waals surface area (Å²) in [7, 11) is 0. The van der Waals surface area contributed by atoms with Crippen LogP contribution in [0, 0.1) is 10.1 Å². The zero-order valence-electron chi connectivity index (χ0n) is 7.17. The van der Waals surface area contributed by atoms with Crippen LogP contribution in [0.4, 0.5) is 0 Å². The molecular formula is C8H11NO4. The second kappa shape index (κ2) is 3.57. The highest BCUT2D eigenvalue weighted by Gasteiger charge is 2.32. The van der Waals surface area contributed by atoms with E-state index in [1.807, 2.05) is 0 Å². The second-order valence-corrected chi connectivity index (χ2v) is 2.96. The number of rotatable bonds is 2. The highest BCUT2D eigenvalue weighted by molar-refractivity contribution is 5.29. The second-order valence-electron chi connectivity index (χ2n) is 2.96. The van der Waals surface area contributed by atoms with Gasteiger partial charge in [0.15, 0.2) is 0 Å². The third-order valence-electron chi connectivity index (χ3n) is 1.99. The van der Waals surface area contributed by atoms with Gasteiger partial charge in [-0.05, 0) is 13.0 Å². The summed E-state index contributed by atoms with van der Waals surface area (Å²) in [5.74, 6) is -0.192. The molecule has 0 aromatic carbocycles. The van der Waals surface area contributed by atoms with Crippen LogP contribution in [0.3, 0.4) is 0 Å². The number of aliphatic hydroxyl groups is 2. The van der Waals surface area contributed by atoms with Crippen LogP contribution >= 0.6 is 0 Å². The summed E-state index contributed by atoms with van der Waals surface area (Å²) < 4.78 is 0. The molecule has 0 saturated heterocycles. The van der Waals surface area contributed by atoms with Crippen molar-refractivity contribution in [3.8, 4) is 0 Å². The lowest BCUT2D eigenvalue weighted by molar-refractivity contribution is -0.512. The van der Waals surface area contributed by atoms with Crippen LogP contribution in [0.25, 0.3) is 0 Å². The van der Waals surface area contributed by atoms with Gasteiger partial charge in [-0.25, -0.2) is 0 Å². The first-order valence-electron chi connectivity index (χ1n) is 3.95. The van der Waals surface area contributed by atoms with E-state index in [4.69, 9.17) is 0 Å². The molecular weight excluding hydrogens is 174 g/mol. The molecule has 1 aliphatic rings. The molecule has 72 valence electrons. The number of hydrogen-bond acceptors (Lipinski definition) is 4. The van der Waals surface area contributed by atoms with E-state index in [9.17, 15) is 20.3 Å². The van der Waals surface area contributed by atoms with Crippen molar-refractivity contribution in [3.63, 3.8) is 0 Å². The standard InChI is InChI=1S/C8H11NO4/c1-5(10)8-6(9(12)13)3-2-4-7(8)11/h2,4-6,10-11H,3H2,1H3. The Morgan fingerprint density at radius 3 is 2.77 bits per heavy atom. The van der Waals surface area contributed by atoms with E-state index in [0.29, 0.717) is 0 Å². The molecule has 2 atom stereocenters. The van der Waals surface area contributed by atoms with Crippen LogP contribution in [0.15, 0.2) is 23.5 Å². The Morgan fingerprint density at radius 2 is 2.38 bits per heavy atom. The summed E-state index contributed by atoms with van der Waals surface area (Å²) in [4.78, 5) is 10.0. The zero-order valence-corrected chi connectivity index (χ0v) is 7.17. The third-order valence-corrected chi connectivity index (χ3v) is 1.99. The van der Waals surface area contributed by atoms with Gasteiger partial charge in [-0.2, -0.15) is 0 Å². The van der Waals surface area contributed by atoms with Gasteiger partial charge >= 0.3 is 0 Å². The minimum Gasteiger partial charge on any atom is -0.508 e. The quantitative estimate of drug-likeness (QED) is 0.492. The van der Waals surface area contributed by atoms with Gasteiger partial charge in [0.25, 0.3) is 0 Å². The van der Waals surface area contributed by atoms with Crippen LogP contribution in [0.1, 0.15) is 13.3 Å². The fourth-order valence-corrected chi connectivity index (χ4v) is 1.39. The molecule has 1 aliphatic carbocycles. The smallest absolute Gasteiger partial charge is 0.243 e. The number of hydrogen-bond donors (Lipinski definition) is 2. The predicted molar refractivity (Wildman–Crippen MR) is 45.9 cm³/mol. The molecule has 0 fully saturated rings. The molecule has 5 heteroatoms. The molecule has 0 radical (unpaired) electrons. The first-order chi connectivity index (χ1) is 6.04. The summed E-state index contributed by atoms with van der Waals surface area (Å²) >= 11 is 0. The number of nitro groups is 1. The summed E-state index contributed by atoms with van der Waals surface area (Å²) in [6.45, 7) is 1.40. The van der Waals surface area contributed by atoms with Gasteiger partial charge in [0.2, 0.25) is 6.04 Å². The molecule has 2 N–H and O–H groups in total. The number of nitrogens with zero attached hydrogens (tertiary/aromatic N) is 1. The first kappa shape index (κ1) is 9.73. The average molecular weight is 185 g/mol. The van der Waals surface area contributed by atoms with Crippen molar-refractivity contribution in [2.45, 2.75) is 25.5 Å². The normalized spacial score (nSPS) is 24.6. The van der Waals surface area contributed by atoms with Crippen molar-refractivity contribution >= 4 is 0 Å². The van der Waals surface area contributed by atoms with Crippen molar-refractivity contribution in [1.29, 1.82) is 0 Å². The molecule has 0 heterocycles. The molecule has 2 unspecified atom stereocenters. The lowest BCUT2D eigenvalue weighted by Crippen LogP contribution is -2.30. The molecule has 13 heavy (non-hydrogen) atoms. The third kappa shape index (κ3) is 1.86. The van der Waals surface area contributed by atoms with E-state index in [-0.39, 0.29) is 17.8 Å². The Hall–Kier alpha value is -1.36. The highest BCUT2D eigenvalue weighted by Crippen LogP contribution is 2.23. The SMILES string of the molecule is CC(O)C1=C(O)C=CCC1[N+](=O)[O-]. The summed E-state index contributed by atoms with van der Waals surface area (Å²) in [5.41, 5.74) is 0.0903. The average Bonchev–Trinajstić information content (AvgIpc) is 2.02. The van der Waals surface area contributed by atoms with Crippen molar-refractivity contribution < 1.29 is 15.1 Å². The van der Waals surface area contributed by atoms with Gasteiger partial charge in [0, 0.05) is 11.3 Å². The summed E-state index contributed by atoms with van der Waals surface area (Å²) in [5, 5.41) is 29.0. The van der Waals surface area contributed by atoms with Crippen LogP contribution in [0.5, 0.6) is 0 Å². The molecule has 0 aromatic rings. The topological polar surface area (TPSA) is 83.6 Å². The van der Waals surface area contributed by atoms with Crippen LogP contribution in [0.2, 0.25) is 0 Å². The van der Waals surface area contributed by atoms with Gasteiger partial charge in [-0.1, -0.05) is 6.08 Å². The minimum atomic E-state index is -0.995. The predicted octanol–water partition coefficient (Wildman–Crippen LogP) is 0.784. The van der Waals surface area contributed by atoms with Crippen molar-refractivity contribution in [2.75, 3.05) is 0 Å². The van der Waals surface area contributed by atoms with Crippen molar-refractivity contribution in [2.24, 2.45) is 0 Å². The van der Waals surface area contributed by atoms with Crippen molar-refractivity contribution in [1.82, 2.24) is 0 Å². The monoisotopic (exact) mass is 185 g/mol. The maximum absolute atomic E-state index is 10.5. The van der Waals surface area contributed by atoms with E-state index >= 15 is 0 Å². The summed E-state index contributed by atoms with van der Waals surface area (Å²) in [6, 6.07) is -0.995. The maximum Gasteiger partial charge on any atom is 0.243 e. The fraction of sp³-hybridized carbons (Fsp3) is 0.500. The van der Waals surface area contributed by atoms with Crippen LogP contribution < -0.4 is 0 Å². The number of allylic oxidation sites excluding steroid dienone is 1. The Kier molecular flexibility index (Phi) is 2.67. The number of aliphatic hydroxyl groups excluding tert-OH is 2. The summed E-state index contributed by atoms with van der Waals surface area (Å²) in [6.07, 6.45) is 2.13. The fourth-order valence-electron chi connectivity index (χ4n) is 1.39. The van der Waals surface area contributed by atoms with Crippen LogP contribution in [-0.4, -0.2) is 27.3 Å². The Morgan fingerprint density at radius 1 is 1.77 bits per heavy atom. The Bertz CT molecular complexity index is 280. The van der Waals surface area contributed by atoms with E-state index in [1.165, 1.54) is 19.1 Å². The molecule has 0 aliphatic heterocycles. The largest absolute Gasteiger partial charge is 0.508 e. The molecule has 0 bridgehead atoms. The van der Waals surface area contributed by atoms with E-state index in [0.717, 1.165) is 0 Å². The van der Waals surface area contributed by atoms with E-state index in [2.05, 4.69) is 0 Å². The van der Waals surface area contributed by atoms with Gasteiger partial charge in [-0.3, -0.25) is 10.1 Å². The molecule has 0 amide bonds. The van der Waals surface area contributed by atoms with E-state index in [1.54, 1.807) is 0 Å². The molecule has 0 aromatic heterocycles. The first-order valence-corrected chi connectivity index (χ1v) is 3.95. The lowest BCUT2D eigenvalue weighted by Gasteiger charge is -2.18. The van der Waals surface area contributed by atoms with Gasteiger partial charge in [0.1, 0.15) is 5.76 Å². The van der Waals surface area contributed by atoms with E-state index < -0.39 is 17.1 Å². The Labute approximate surface area is 75.2 Å². The minimum absolute atomic E-state index is 0.0903. The highest BCUT2D eigenvalue weighted by atomic mass is 16.6.